The molecule has 0 aliphatic carbocycles. The Morgan fingerprint density at radius 1 is 0.865 bits per heavy atom. The summed E-state index contributed by atoms with van der Waals surface area (Å²) in [6.45, 7) is 4.61. The molecule has 0 bridgehead atoms. The van der Waals surface area contributed by atoms with E-state index >= 15 is 0 Å². The first-order chi connectivity index (χ1) is 25.0. The minimum Gasteiger partial charge on any atom is -0.462 e. The van der Waals surface area contributed by atoms with Crippen molar-refractivity contribution in [1.29, 1.82) is 0 Å². The summed E-state index contributed by atoms with van der Waals surface area (Å²) in [5.41, 5.74) is 2.21. The van der Waals surface area contributed by atoms with Crippen LogP contribution in [0.1, 0.15) is 29.2 Å². The van der Waals surface area contributed by atoms with Gasteiger partial charge in [0.25, 0.3) is 0 Å². The summed E-state index contributed by atoms with van der Waals surface area (Å²) in [5.74, 6) is -0.756. The maximum atomic E-state index is 14.2. The van der Waals surface area contributed by atoms with Crippen molar-refractivity contribution in [2.75, 3.05) is 51.3 Å². The number of carbonyl (C=O) groups is 3. The van der Waals surface area contributed by atoms with E-state index in [1.807, 2.05) is 59.5 Å². The molecule has 0 N–H and O–H groups in total. The van der Waals surface area contributed by atoms with Crippen LogP contribution in [-0.4, -0.2) is 94.8 Å². The van der Waals surface area contributed by atoms with Gasteiger partial charge in [0.2, 0.25) is 17.7 Å². The van der Waals surface area contributed by atoms with Gasteiger partial charge in [-0.15, -0.1) is 0 Å². The summed E-state index contributed by atoms with van der Waals surface area (Å²) >= 11 is 0. The molecule has 1 atom stereocenters. The molecule has 10 nitrogen and oxygen atoms in total. The SMILES string of the molecule is CC(=O)N1CCN(c2ccc(CN(C(=O)C=Cc3ccc(C(F)(F)F)cc3)[C@@H](Cc3ccccc3)C(=O)N(C)CCOc3ncccn3)cc2)CC1. The summed E-state index contributed by atoms with van der Waals surface area (Å²) in [6.07, 6.45) is 1.56. The molecule has 52 heavy (non-hydrogen) atoms. The highest BCUT2D eigenvalue weighted by Crippen LogP contribution is 2.29. The van der Waals surface area contributed by atoms with Gasteiger partial charge >= 0.3 is 12.2 Å². The minimum absolute atomic E-state index is 0.0510. The Morgan fingerprint density at radius 3 is 2.13 bits per heavy atom. The molecule has 2 heterocycles. The van der Waals surface area contributed by atoms with Gasteiger partial charge in [0.15, 0.2) is 0 Å². The maximum Gasteiger partial charge on any atom is 0.416 e. The lowest BCUT2D eigenvalue weighted by molar-refractivity contribution is -0.143. The number of carbonyl (C=O) groups excluding carboxylic acids is 3. The first-order valence-corrected chi connectivity index (χ1v) is 16.9. The zero-order valence-electron chi connectivity index (χ0n) is 29.1. The number of piperazine rings is 1. The molecule has 4 aromatic rings. The highest BCUT2D eigenvalue weighted by molar-refractivity contribution is 5.95. The third-order valence-electron chi connectivity index (χ3n) is 8.83. The number of alkyl halides is 3. The van der Waals surface area contributed by atoms with Gasteiger partial charge in [0.1, 0.15) is 12.6 Å². The standard InChI is InChI=1S/C39H41F3N6O4/c1-29(49)46-21-23-47(24-22-46)34-16-11-32(12-17-34)28-48(36(50)18-13-30-9-14-33(15-10-30)39(40,41)42)35(27-31-7-4-3-5-8-31)37(51)45(2)25-26-52-38-43-19-6-20-44-38/h3-20,35H,21-28H2,1-2H3/t35-/m0/s1. The molecule has 3 amide bonds. The lowest BCUT2D eigenvalue weighted by Crippen LogP contribution is -2.51. The van der Waals surface area contributed by atoms with E-state index in [9.17, 15) is 27.6 Å². The molecule has 1 aliphatic heterocycles. The van der Waals surface area contributed by atoms with E-state index in [1.165, 1.54) is 34.1 Å². The van der Waals surface area contributed by atoms with Crippen LogP contribution in [0.25, 0.3) is 6.08 Å². The minimum atomic E-state index is -4.48. The van der Waals surface area contributed by atoms with Gasteiger partial charge in [-0.05, 0) is 53.1 Å². The van der Waals surface area contributed by atoms with Crippen molar-refractivity contribution in [2.45, 2.75) is 32.1 Å². The van der Waals surface area contributed by atoms with Crippen LogP contribution in [0.5, 0.6) is 6.01 Å². The van der Waals surface area contributed by atoms with Crippen molar-refractivity contribution in [3.05, 3.63) is 126 Å². The van der Waals surface area contributed by atoms with Crippen molar-refractivity contribution in [3.8, 4) is 6.01 Å². The van der Waals surface area contributed by atoms with E-state index in [0.29, 0.717) is 31.7 Å². The molecule has 1 aromatic heterocycles. The van der Waals surface area contributed by atoms with E-state index in [-0.39, 0.29) is 43.9 Å². The average molecular weight is 715 g/mol. The normalized spacial score (nSPS) is 13.9. The molecule has 3 aromatic carbocycles. The fourth-order valence-corrected chi connectivity index (χ4v) is 5.84. The summed E-state index contributed by atoms with van der Waals surface area (Å²) in [7, 11) is 1.64. The van der Waals surface area contributed by atoms with Crippen LogP contribution >= 0.6 is 0 Å². The molecule has 0 radical (unpaired) electrons. The highest BCUT2D eigenvalue weighted by atomic mass is 19.4. The summed E-state index contributed by atoms with van der Waals surface area (Å²) in [4.78, 5) is 55.2. The molecule has 0 unspecified atom stereocenters. The summed E-state index contributed by atoms with van der Waals surface area (Å²) in [5, 5.41) is 0. The second-order valence-electron chi connectivity index (χ2n) is 12.4. The van der Waals surface area contributed by atoms with Gasteiger partial charge in [-0.1, -0.05) is 54.6 Å². The van der Waals surface area contributed by atoms with Gasteiger partial charge in [0.05, 0.1) is 12.1 Å². The van der Waals surface area contributed by atoms with Crippen LogP contribution in [0, 0.1) is 0 Å². The zero-order valence-corrected chi connectivity index (χ0v) is 29.1. The predicted molar refractivity (Wildman–Crippen MR) is 191 cm³/mol. The Labute approximate surface area is 301 Å². The van der Waals surface area contributed by atoms with Gasteiger partial charge in [0, 0.05) is 77.3 Å². The Balaban J connectivity index is 1.40. The van der Waals surface area contributed by atoms with Gasteiger partial charge < -0.3 is 24.3 Å². The fraction of sp³-hybridized carbons (Fsp3) is 0.308. The molecule has 1 aliphatic rings. The van der Waals surface area contributed by atoms with Crippen molar-refractivity contribution in [2.24, 2.45) is 0 Å². The number of anilines is 1. The van der Waals surface area contributed by atoms with Crippen LogP contribution < -0.4 is 9.64 Å². The number of likely N-dealkylation sites (N-methyl/N-ethyl adjacent to an activating group) is 1. The number of aromatic nitrogens is 2. The van der Waals surface area contributed by atoms with E-state index < -0.39 is 23.7 Å². The topological polar surface area (TPSA) is 99.2 Å². The molecule has 0 spiro atoms. The number of nitrogens with zero attached hydrogens (tertiary/aromatic N) is 6. The lowest BCUT2D eigenvalue weighted by Gasteiger charge is -2.36. The molecular weight excluding hydrogens is 673 g/mol. The predicted octanol–water partition coefficient (Wildman–Crippen LogP) is 5.35. The van der Waals surface area contributed by atoms with Crippen molar-refractivity contribution < 1.29 is 32.3 Å². The van der Waals surface area contributed by atoms with Crippen LogP contribution in [-0.2, 0) is 33.5 Å². The van der Waals surface area contributed by atoms with Gasteiger partial charge in [-0.25, -0.2) is 9.97 Å². The largest absolute Gasteiger partial charge is 0.462 e. The number of hydrogen-bond donors (Lipinski definition) is 0. The Bertz CT molecular complexity index is 1800. The lowest BCUT2D eigenvalue weighted by atomic mass is 10.0. The van der Waals surface area contributed by atoms with Crippen molar-refractivity contribution >= 4 is 29.5 Å². The molecule has 272 valence electrons. The van der Waals surface area contributed by atoms with E-state index in [4.69, 9.17) is 4.74 Å². The number of halogens is 3. The number of rotatable bonds is 13. The smallest absolute Gasteiger partial charge is 0.416 e. The Kier molecular flexibility index (Phi) is 12.6. The third kappa shape index (κ3) is 10.4. The molecule has 1 fully saturated rings. The zero-order chi connectivity index (χ0) is 37.1. The highest BCUT2D eigenvalue weighted by Gasteiger charge is 2.32. The number of amides is 3. The van der Waals surface area contributed by atoms with E-state index in [0.717, 1.165) is 28.9 Å². The van der Waals surface area contributed by atoms with E-state index in [1.54, 1.807) is 32.4 Å². The molecule has 13 heteroatoms. The van der Waals surface area contributed by atoms with Gasteiger partial charge in [-0.3, -0.25) is 14.4 Å². The molecule has 0 saturated carbocycles. The quantitative estimate of drug-likeness (QED) is 0.172. The van der Waals surface area contributed by atoms with Crippen molar-refractivity contribution in [3.63, 3.8) is 0 Å². The summed E-state index contributed by atoms with van der Waals surface area (Å²) in [6, 6.07) is 22.5. The number of ether oxygens (including phenoxy) is 1. The number of hydrogen-bond acceptors (Lipinski definition) is 7. The monoisotopic (exact) mass is 714 g/mol. The van der Waals surface area contributed by atoms with Crippen LogP contribution in [0.15, 0.2) is 103 Å². The first-order valence-electron chi connectivity index (χ1n) is 16.9. The average Bonchev–Trinajstić information content (AvgIpc) is 3.16. The van der Waals surface area contributed by atoms with E-state index in [2.05, 4.69) is 14.9 Å². The maximum absolute atomic E-state index is 14.2. The van der Waals surface area contributed by atoms with Crippen LogP contribution in [0.4, 0.5) is 18.9 Å². The Morgan fingerprint density at radius 2 is 1.52 bits per heavy atom. The molecule has 5 rings (SSSR count). The molecular formula is C39H41F3N6O4. The fourth-order valence-electron chi connectivity index (χ4n) is 5.84. The Hall–Kier alpha value is -5.72. The second kappa shape index (κ2) is 17.5. The summed E-state index contributed by atoms with van der Waals surface area (Å²) < 4.78 is 45.1. The third-order valence-corrected chi connectivity index (χ3v) is 8.83. The number of benzene rings is 3. The van der Waals surface area contributed by atoms with Crippen LogP contribution in [0.3, 0.4) is 0 Å². The van der Waals surface area contributed by atoms with Gasteiger partial charge in [-0.2, -0.15) is 13.2 Å². The van der Waals surface area contributed by atoms with Crippen LogP contribution in [0.2, 0.25) is 0 Å². The molecule has 1 saturated heterocycles. The second-order valence-corrected chi connectivity index (χ2v) is 12.4. The van der Waals surface area contributed by atoms with Crippen molar-refractivity contribution in [1.82, 2.24) is 24.7 Å². The first kappa shape index (κ1) is 37.5.